The first-order chi connectivity index (χ1) is 15.5. The van der Waals surface area contributed by atoms with Crippen molar-refractivity contribution in [1.29, 1.82) is 0 Å². The number of methoxy groups -OCH3 is 1. The number of amides is 1. The molecule has 1 atom stereocenters. The topological polar surface area (TPSA) is 104 Å². The third-order valence-corrected chi connectivity index (χ3v) is 5.60. The number of piperazine rings is 1. The average Bonchev–Trinajstić information content (AvgIpc) is 3.52. The lowest BCUT2D eigenvalue weighted by Gasteiger charge is -2.36. The number of hydrogen-bond donors (Lipinski definition) is 2. The molecule has 0 bridgehead atoms. The molecule has 1 aromatic carbocycles. The van der Waals surface area contributed by atoms with Crippen LogP contribution in [0.2, 0.25) is 0 Å². The first-order valence-electron chi connectivity index (χ1n) is 10.0. The minimum Gasteiger partial charge on any atom is -0.474 e. The molecule has 4 rings (SSSR count). The van der Waals surface area contributed by atoms with Crippen molar-refractivity contribution in [2.24, 2.45) is 0 Å². The van der Waals surface area contributed by atoms with E-state index in [-0.39, 0.29) is 23.4 Å². The van der Waals surface area contributed by atoms with E-state index in [0.29, 0.717) is 43.1 Å². The molecule has 2 N–H and O–H groups in total. The number of ether oxygens (including phenoxy) is 1. The third kappa shape index (κ3) is 4.85. The Labute approximate surface area is 189 Å². The molecule has 1 saturated heterocycles. The number of aromatic amines is 1. The Morgan fingerprint density at radius 1 is 1.34 bits per heavy atom. The average molecular weight is 459 g/mol. The normalized spacial score (nSPS) is 14.8. The van der Waals surface area contributed by atoms with E-state index in [1.807, 2.05) is 11.0 Å². The predicted molar refractivity (Wildman–Crippen MR) is 118 cm³/mol. The lowest BCUT2D eigenvalue weighted by Crippen LogP contribution is -2.49. The highest BCUT2D eigenvalue weighted by Crippen LogP contribution is 2.27. The summed E-state index contributed by atoms with van der Waals surface area (Å²) in [4.78, 5) is 16.2. The molecule has 0 radical (unpaired) electrons. The number of nitrogens with one attached hydrogen (secondary N) is 2. The van der Waals surface area contributed by atoms with Crippen molar-refractivity contribution >= 4 is 29.0 Å². The second kappa shape index (κ2) is 9.73. The van der Waals surface area contributed by atoms with Gasteiger partial charge in [-0.3, -0.25) is 9.48 Å². The van der Waals surface area contributed by atoms with Gasteiger partial charge in [0, 0.05) is 38.6 Å². The Morgan fingerprint density at radius 2 is 2.16 bits per heavy atom. The van der Waals surface area contributed by atoms with Gasteiger partial charge in [-0.15, -0.1) is 0 Å². The van der Waals surface area contributed by atoms with E-state index in [2.05, 4.69) is 25.8 Å². The van der Waals surface area contributed by atoms with Crippen LogP contribution in [0.3, 0.4) is 0 Å². The quantitative estimate of drug-likeness (QED) is 0.530. The molecule has 1 fully saturated rings. The molecule has 10 nitrogen and oxygen atoms in total. The lowest BCUT2D eigenvalue weighted by atomic mass is 10.0. The van der Waals surface area contributed by atoms with Crippen molar-refractivity contribution < 1.29 is 13.9 Å². The zero-order chi connectivity index (χ0) is 22.5. The number of carbonyl (C=O) groups excluding carboxylic acids is 1. The molecular weight excluding hydrogens is 435 g/mol. The van der Waals surface area contributed by atoms with Gasteiger partial charge in [-0.05, 0) is 36.0 Å². The fourth-order valence-electron chi connectivity index (χ4n) is 3.64. The van der Waals surface area contributed by atoms with Crippen LogP contribution in [0.25, 0.3) is 0 Å². The number of thiocarbonyl (C=S) groups is 1. The van der Waals surface area contributed by atoms with Gasteiger partial charge in [0.2, 0.25) is 5.91 Å². The van der Waals surface area contributed by atoms with E-state index in [9.17, 15) is 4.79 Å². The summed E-state index contributed by atoms with van der Waals surface area (Å²) in [7, 11) is 1.46. The maximum absolute atomic E-state index is 15.1. The van der Waals surface area contributed by atoms with Crippen molar-refractivity contribution in [2.45, 2.75) is 12.6 Å². The minimum atomic E-state index is -0.512. The van der Waals surface area contributed by atoms with Crippen LogP contribution in [0.5, 0.6) is 0 Å². The summed E-state index contributed by atoms with van der Waals surface area (Å²) in [5, 5.41) is 17.7. The highest BCUT2D eigenvalue weighted by Gasteiger charge is 2.25. The minimum absolute atomic E-state index is 0.000176. The Morgan fingerprint density at radius 3 is 2.78 bits per heavy atom. The molecule has 168 valence electrons. The number of H-pyrrole nitrogens is 1. The third-order valence-electron chi connectivity index (χ3n) is 5.31. The Hall–Kier alpha value is -3.54. The maximum Gasteiger partial charge on any atom is 0.257 e. The zero-order valence-electron chi connectivity index (χ0n) is 17.4. The van der Waals surface area contributed by atoms with E-state index in [1.165, 1.54) is 13.2 Å². The molecular formula is C20H23FN8O2S. The van der Waals surface area contributed by atoms with Crippen molar-refractivity contribution in [2.75, 3.05) is 38.2 Å². The lowest BCUT2D eigenvalue weighted by molar-refractivity contribution is -0.132. The number of nitrogens with zero attached hydrogens (tertiary/aromatic N) is 6. The van der Waals surface area contributed by atoms with Crippen LogP contribution in [-0.2, 0) is 16.1 Å². The van der Waals surface area contributed by atoms with Crippen molar-refractivity contribution in [1.82, 2.24) is 35.4 Å². The van der Waals surface area contributed by atoms with Crippen LogP contribution < -0.4 is 10.2 Å². The predicted octanol–water partition coefficient (Wildman–Crippen LogP) is 1.10. The van der Waals surface area contributed by atoms with Crippen LogP contribution in [0.4, 0.5) is 10.1 Å². The van der Waals surface area contributed by atoms with E-state index in [4.69, 9.17) is 17.0 Å². The maximum atomic E-state index is 15.1. The second-order valence-electron chi connectivity index (χ2n) is 7.25. The number of aromatic nitrogens is 5. The largest absolute Gasteiger partial charge is 0.474 e. The van der Waals surface area contributed by atoms with Crippen LogP contribution >= 0.6 is 12.2 Å². The molecule has 1 aliphatic heterocycles. The van der Waals surface area contributed by atoms with Gasteiger partial charge in [-0.25, -0.2) is 4.39 Å². The SMILES string of the molecule is COC(=S)NC(c1ccc(N2CCN(C(=O)Cn3cccn3)CC2)c(F)c1)c1cn[nH]n1. The van der Waals surface area contributed by atoms with E-state index < -0.39 is 6.04 Å². The smallest absolute Gasteiger partial charge is 0.257 e. The second-order valence-corrected chi connectivity index (χ2v) is 7.62. The number of halogens is 1. The summed E-state index contributed by atoms with van der Waals surface area (Å²) >= 11 is 5.10. The van der Waals surface area contributed by atoms with Gasteiger partial charge >= 0.3 is 0 Å². The molecule has 1 unspecified atom stereocenters. The monoisotopic (exact) mass is 458 g/mol. The van der Waals surface area contributed by atoms with E-state index >= 15 is 4.39 Å². The van der Waals surface area contributed by atoms with Crippen LogP contribution in [-0.4, -0.2) is 74.5 Å². The van der Waals surface area contributed by atoms with Crippen molar-refractivity contribution in [3.63, 3.8) is 0 Å². The number of anilines is 1. The molecule has 3 heterocycles. The molecule has 32 heavy (non-hydrogen) atoms. The molecule has 12 heteroatoms. The van der Waals surface area contributed by atoms with Crippen LogP contribution in [0, 0.1) is 5.82 Å². The van der Waals surface area contributed by atoms with Gasteiger partial charge < -0.3 is 19.9 Å². The standard InChI is InChI=1S/C20H23FN8O2S/c1-31-20(32)24-19(16-12-22-26-25-16)14-3-4-17(15(21)11-14)27-7-9-28(10-8-27)18(30)13-29-6-2-5-23-29/h2-6,11-12,19H,7-10,13H2,1H3,(H,24,32)(H,22,25,26). The fraction of sp³-hybridized carbons (Fsp3) is 0.350. The van der Waals surface area contributed by atoms with E-state index in [0.717, 1.165) is 0 Å². The van der Waals surface area contributed by atoms with Crippen LogP contribution in [0.1, 0.15) is 17.3 Å². The van der Waals surface area contributed by atoms with Crippen LogP contribution in [0.15, 0.2) is 42.9 Å². The van der Waals surface area contributed by atoms with Crippen molar-refractivity contribution in [3.8, 4) is 0 Å². The van der Waals surface area contributed by atoms with Gasteiger partial charge in [0.05, 0.1) is 19.0 Å². The summed E-state index contributed by atoms with van der Waals surface area (Å²) in [6.07, 6.45) is 4.94. The van der Waals surface area contributed by atoms with Gasteiger partial charge in [0.15, 0.2) is 0 Å². The Balaban J connectivity index is 1.43. The van der Waals surface area contributed by atoms with Crippen molar-refractivity contribution in [3.05, 3.63) is 59.9 Å². The molecule has 1 amide bonds. The first-order valence-corrected chi connectivity index (χ1v) is 10.5. The molecule has 0 saturated carbocycles. The van der Waals surface area contributed by atoms with Gasteiger partial charge in [-0.1, -0.05) is 6.07 Å². The number of benzene rings is 1. The van der Waals surface area contributed by atoms with Gasteiger partial charge in [-0.2, -0.15) is 20.5 Å². The first kappa shape index (κ1) is 21.7. The summed E-state index contributed by atoms with van der Waals surface area (Å²) in [5.74, 6) is -0.364. The van der Waals surface area contributed by atoms with Gasteiger partial charge in [0.1, 0.15) is 24.1 Å². The zero-order valence-corrected chi connectivity index (χ0v) is 18.3. The Kier molecular flexibility index (Phi) is 6.59. The van der Waals surface area contributed by atoms with E-state index in [1.54, 1.807) is 40.3 Å². The summed E-state index contributed by atoms with van der Waals surface area (Å²) < 4.78 is 21.7. The van der Waals surface area contributed by atoms with Gasteiger partial charge in [0.25, 0.3) is 5.17 Å². The Bertz CT molecular complexity index is 1050. The molecule has 1 aliphatic rings. The summed E-state index contributed by atoms with van der Waals surface area (Å²) in [5.41, 5.74) is 1.68. The molecule has 0 aliphatic carbocycles. The number of hydrogen-bond acceptors (Lipinski definition) is 7. The molecule has 3 aromatic rings. The number of carbonyl (C=O) groups is 1. The fourth-order valence-corrected chi connectivity index (χ4v) is 3.76. The highest BCUT2D eigenvalue weighted by molar-refractivity contribution is 7.80. The molecule has 2 aromatic heterocycles. The number of rotatable bonds is 6. The summed E-state index contributed by atoms with van der Waals surface area (Å²) in [6, 6.07) is 6.27. The summed E-state index contributed by atoms with van der Waals surface area (Å²) in [6.45, 7) is 2.33. The molecule has 0 spiro atoms. The highest BCUT2D eigenvalue weighted by atomic mass is 32.1.